The van der Waals surface area contributed by atoms with E-state index in [0.717, 1.165) is 19.6 Å². The van der Waals surface area contributed by atoms with Gasteiger partial charge < -0.3 is 9.64 Å². The molecule has 0 aromatic carbocycles. The van der Waals surface area contributed by atoms with Crippen molar-refractivity contribution in [2.75, 3.05) is 40.0 Å². The van der Waals surface area contributed by atoms with Gasteiger partial charge in [-0.15, -0.1) is 0 Å². The Morgan fingerprint density at radius 3 is 2.87 bits per heavy atom. The highest BCUT2D eigenvalue weighted by molar-refractivity contribution is 5.93. The fourth-order valence-corrected chi connectivity index (χ4v) is 1.52. The van der Waals surface area contributed by atoms with Gasteiger partial charge in [-0.05, 0) is 13.3 Å². The number of nitrogens with zero attached hydrogens (tertiary/aromatic N) is 2. The molecule has 0 N–H and O–H groups in total. The van der Waals surface area contributed by atoms with Gasteiger partial charge in [0.15, 0.2) is 0 Å². The number of carbonyl (C=O) groups excluding carboxylic acids is 1. The molecule has 4 nitrogen and oxygen atoms in total. The molecule has 1 aliphatic rings. The van der Waals surface area contributed by atoms with Crippen LogP contribution in [0.1, 0.15) is 13.3 Å². The van der Waals surface area contributed by atoms with Crippen molar-refractivity contribution in [3.63, 3.8) is 0 Å². The minimum atomic E-state index is 0.0306. The molecule has 0 bridgehead atoms. The topological polar surface area (TPSA) is 32.8 Å². The number of hydrogen-bond acceptors (Lipinski definition) is 3. The minimum Gasteiger partial charge on any atom is -0.366 e. The molecule has 1 heterocycles. The van der Waals surface area contributed by atoms with E-state index in [4.69, 9.17) is 4.74 Å². The van der Waals surface area contributed by atoms with Gasteiger partial charge in [0.05, 0.1) is 6.73 Å². The van der Waals surface area contributed by atoms with Gasteiger partial charge >= 0.3 is 0 Å². The van der Waals surface area contributed by atoms with E-state index in [2.05, 4.69) is 11.5 Å². The van der Waals surface area contributed by atoms with Gasteiger partial charge in [-0.25, -0.2) is 0 Å². The molecule has 0 radical (unpaired) electrons. The number of likely N-dealkylation sites (N-methyl/N-ethyl adjacent to an activating group) is 1. The number of carbonyl (C=O) groups is 1. The van der Waals surface area contributed by atoms with E-state index in [1.54, 1.807) is 11.9 Å². The summed E-state index contributed by atoms with van der Waals surface area (Å²) in [5.74, 6) is 0.0306. The zero-order valence-electron chi connectivity index (χ0n) is 9.66. The lowest BCUT2D eigenvalue weighted by Gasteiger charge is -2.27. The third kappa shape index (κ3) is 3.64. The molecule has 0 spiro atoms. The number of ether oxygens (including phenoxy) is 1. The quantitative estimate of drug-likeness (QED) is 0.643. The van der Waals surface area contributed by atoms with Gasteiger partial charge in [0, 0.05) is 38.9 Å². The van der Waals surface area contributed by atoms with Crippen molar-refractivity contribution < 1.29 is 9.53 Å². The zero-order valence-corrected chi connectivity index (χ0v) is 9.66. The predicted octanol–water partition coefficient (Wildman–Crippen LogP) is 0.701. The normalized spacial score (nSPS) is 17.5. The first-order chi connectivity index (χ1) is 7.15. The van der Waals surface area contributed by atoms with E-state index in [1.165, 1.54) is 0 Å². The van der Waals surface area contributed by atoms with Crippen LogP contribution in [-0.2, 0) is 9.53 Å². The van der Waals surface area contributed by atoms with Crippen molar-refractivity contribution in [2.45, 2.75) is 13.3 Å². The maximum absolute atomic E-state index is 11.7. The molecule has 4 heteroatoms. The van der Waals surface area contributed by atoms with Crippen LogP contribution in [-0.4, -0.2) is 55.7 Å². The van der Waals surface area contributed by atoms with E-state index >= 15 is 0 Å². The van der Waals surface area contributed by atoms with Crippen molar-refractivity contribution >= 4 is 5.91 Å². The molecule has 0 saturated carbocycles. The highest BCUT2D eigenvalue weighted by Crippen LogP contribution is 2.06. The highest BCUT2D eigenvalue weighted by Gasteiger charge is 2.16. The second-order valence-corrected chi connectivity index (χ2v) is 3.87. The summed E-state index contributed by atoms with van der Waals surface area (Å²) in [7, 11) is 1.79. The lowest BCUT2D eigenvalue weighted by Crippen LogP contribution is -2.38. The second kappa shape index (κ2) is 5.88. The van der Waals surface area contributed by atoms with Crippen molar-refractivity contribution in [1.29, 1.82) is 0 Å². The van der Waals surface area contributed by atoms with Crippen LogP contribution in [0.5, 0.6) is 0 Å². The van der Waals surface area contributed by atoms with Crippen LogP contribution in [0, 0.1) is 0 Å². The molecule has 1 fully saturated rings. The van der Waals surface area contributed by atoms with Gasteiger partial charge in [0.1, 0.15) is 0 Å². The predicted molar refractivity (Wildman–Crippen MR) is 59.5 cm³/mol. The Hall–Kier alpha value is -0.870. The molecule has 86 valence electrons. The van der Waals surface area contributed by atoms with Crippen molar-refractivity contribution in [3.05, 3.63) is 12.2 Å². The molecule has 1 saturated heterocycles. The van der Waals surface area contributed by atoms with Gasteiger partial charge in [-0.1, -0.05) is 6.58 Å². The van der Waals surface area contributed by atoms with E-state index in [-0.39, 0.29) is 5.91 Å². The molecule has 0 aromatic heterocycles. The largest absolute Gasteiger partial charge is 0.366 e. The molecule has 1 rings (SSSR count). The molecular formula is C11H20N2O2. The summed E-state index contributed by atoms with van der Waals surface area (Å²) < 4.78 is 5.31. The van der Waals surface area contributed by atoms with Crippen LogP contribution in [0.15, 0.2) is 12.2 Å². The van der Waals surface area contributed by atoms with Crippen molar-refractivity contribution in [1.82, 2.24) is 9.80 Å². The molecule has 0 aliphatic carbocycles. The van der Waals surface area contributed by atoms with Gasteiger partial charge in [0.2, 0.25) is 5.91 Å². The number of hydrogen-bond donors (Lipinski definition) is 0. The molecule has 0 atom stereocenters. The Labute approximate surface area is 91.5 Å². The number of rotatable bonds is 4. The molecule has 15 heavy (non-hydrogen) atoms. The lowest BCUT2D eigenvalue weighted by molar-refractivity contribution is -0.126. The maximum Gasteiger partial charge on any atom is 0.250 e. The summed E-state index contributed by atoms with van der Waals surface area (Å²) in [4.78, 5) is 15.5. The summed E-state index contributed by atoms with van der Waals surface area (Å²) in [6.07, 6.45) is 1.03. The highest BCUT2D eigenvalue weighted by atomic mass is 16.5. The summed E-state index contributed by atoms with van der Waals surface area (Å²) in [6.45, 7) is 9.54. The smallest absolute Gasteiger partial charge is 0.250 e. The van der Waals surface area contributed by atoms with E-state index in [0.29, 0.717) is 25.4 Å². The Balaban J connectivity index is 2.36. The third-order valence-corrected chi connectivity index (χ3v) is 2.57. The Morgan fingerprint density at radius 1 is 1.60 bits per heavy atom. The van der Waals surface area contributed by atoms with Crippen LogP contribution in [0.25, 0.3) is 0 Å². The van der Waals surface area contributed by atoms with E-state index < -0.39 is 0 Å². The van der Waals surface area contributed by atoms with E-state index in [9.17, 15) is 4.79 Å². The minimum absolute atomic E-state index is 0.0306. The SMILES string of the molecule is C=C(CN1CCCOC1)C(=O)N(C)CC. The van der Waals surface area contributed by atoms with Crippen LogP contribution < -0.4 is 0 Å². The monoisotopic (exact) mass is 212 g/mol. The average Bonchev–Trinajstić information content (AvgIpc) is 2.28. The second-order valence-electron chi connectivity index (χ2n) is 3.87. The molecule has 0 aromatic rings. The average molecular weight is 212 g/mol. The molecule has 1 amide bonds. The fourth-order valence-electron chi connectivity index (χ4n) is 1.52. The van der Waals surface area contributed by atoms with Crippen LogP contribution >= 0.6 is 0 Å². The van der Waals surface area contributed by atoms with Crippen molar-refractivity contribution in [2.24, 2.45) is 0 Å². The zero-order chi connectivity index (χ0) is 11.3. The van der Waals surface area contributed by atoms with Gasteiger partial charge in [-0.3, -0.25) is 9.69 Å². The Morgan fingerprint density at radius 2 is 2.33 bits per heavy atom. The number of amides is 1. The first-order valence-electron chi connectivity index (χ1n) is 5.38. The van der Waals surface area contributed by atoms with Crippen LogP contribution in [0.4, 0.5) is 0 Å². The maximum atomic E-state index is 11.7. The van der Waals surface area contributed by atoms with Crippen LogP contribution in [0.2, 0.25) is 0 Å². The summed E-state index contributed by atoms with van der Waals surface area (Å²) in [5.41, 5.74) is 0.643. The fraction of sp³-hybridized carbons (Fsp3) is 0.727. The first kappa shape index (κ1) is 12.2. The first-order valence-corrected chi connectivity index (χ1v) is 5.38. The molecule has 0 unspecified atom stereocenters. The standard InChI is InChI=1S/C11H20N2O2/c1-4-12(3)11(14)10(2)8-13-6-5-7-15-9-13/h2,4-9H2,1,3H3. The van der Waals surface area contributed by atoms with Crippen molar-refractivity contribution in [3.8, 4) is 0 Å². The van der Waals surface area contributed by atoms with Crippen LogP contribution in [0.3, 0.4) is 0 Å². The van der Waals surface area contributed by atoms with E-state index in [1.807, 2.05) is 6.92 Å². The Kier molecular flexibility index (Phi) is 4.78. The van der Waals surface area contributed by atoms with Gasteiger partial charge in [-0.2, -0.15) is 0 Å². The summed E-state index contributed by atoms with van der Waals surface area (Å²) in [6, 6.07) is 0. The molecule has 1 aliphatic heterocycles. The summed E-state index contributed by atoms with van der Waals surface area (Å²) in [5, 5.41) is 0. The summed E-state index contributed by atoms with van der Waals surface area (Å²) >= 11 is 0. The lowest BCUT2D eigenvalue weighted by atomic mass is 10.2. The Bertz CT molecular complexity index is 235. The van der Waals surface area contributed by atoms with Gasteiger partial charge in [0.25, 0.3) is 0 Å². The third-order valence-electron chi connectivity index (χ3n) is 2.57. The molecular weight excluding hydrogens is 192 g/mol.